The molecule has 0 saturated carbocycles. The average molecular weight is 649 g/mol. The number of carbonyl (C=O) groups is 2. The maximum absolute atomic E-state index is 14.8. The molecule has 4 aromatic rings. The van der Waals surface area contributed by atoms with Gasteiger partial charge >= 0.3 is 5.97 Å². The third-order valence-electron chi connectivity index (χ3n) is 8.30. The molecule has 1 aliphatic rings. The first-order valence-electron chi connectivity index (χ1n) is 15.0. The number of halogens is 1. The minimum atomic E-state index is -3.79. The number of anilines is 2. The van der Waals surface area contributed by atoms with Crippen molar-refractivity contribution in [3.05, 3.63) is 89.9 Å². The highest BCUT2D eigenvalue weighted by Gasteiger charge is 2.46. The molecular formula is C34H37FN4O6S. The number of carbonyl (C=O) groups excluding carboxylic acids is 2. The third-order valence-corrected chi connectivity index (χ3v) is 10.5. The van der Waals surface area contributed by atoms with Crippen molar-refractivity contribution in [3.8, 4) is 5.75 Å². The molecule has 242 valence electrons. The van der Waals surface area contributed by atoms with Gasteiger partial charge in [0.05, 0.1) is 35.8 Å². The zero-order valence-electron chi connectivity index (χ0n) is 26.1. The van der Waals surface area contributed by atoms with Crippen molar-refractivity contribution >= 4 is 44.0 Å². The Kier molecular flexibility index (Phi) is 9.47. The minimum absolute atomic E-state index is 0.0507. The van der Waals surface area contributed by atoms with Gasteiger partial charge in [0.15, 0.2) is 21.4 Å². The Morgan fingerprint density at radius 1 is 1.11 bits per heavy atom. The molecule has 0 radical (unpaired) electrons. The Morgan fingerprint density at radius 3 is 2.59 bits per heavy atom. The SMILES string of the molecule is CCOC(=O)[C@@H]1CCN(C(=O)[C@@H](Nc2ccc3c(N)nccc3c2)c2ccc(F)c(OC)c2)[C@@H]1c1ccccc1S(=O)(=O)C(C)C. The predicted octanol–water partition coefficient (Wildman–Crippen LogP) is 5.45. The minimum Gasteiger partial charge on any atom is -0.494 e. The number of ether oxygens (including phenoxy) is 2. The average Bonchev–Trinajstić information content (AvgIpc) is 3.49. The van der Waals surface area contributed by atoms with Gasteiger partial charge in [-0.3, -0.25) is 9.59 Å². The highest BCUT2D eigenvalue weighted by atomic mass is 32.2. The van der Waals surface area contributed by atoms with E-state index < -0.39 is 50.8 Å². The van der Waals surface area contributed by atoms with E-state index in [0.29, 0.717) is 22.6 Å². The lowest BCUT2D eigenvalue weighted by molar-refractivity contribution is -0.149. The monoisotopic (exact) mass is 648 g/mol. The molecule has 1 saturated heterocycles. The van der Waals surface area contributed by atoms with Gasteiger partial charge in [-0.1, -0.05) is 24.3 Å². The lowest BCUT2D eigenvalue weighted by atomic mass is 9.93. The van der Waals surface area contributed by atoms with Crippen LogP contribution in [0.3, 0.4) is 0 Å². The van der Waals surface area contributed by atoms with Gasteiger partial charge in [-0.05, 0) is 86.2 Å². The summed E-state index contributed by atoms with van der Waals surface area (Å²) in [5, 5.41) is 4.08. The molecule has 5 rings (SSSR count). The third kappa shape index (κ3) is 6.21. The van der Waals surface area contributed by atoms with Crippen LogP contribution in [0.2, 0.25) is 0 Å². The molecule has 1 aromatic heterocycles. The van der Waals surface area contributed by atoms with Crippen LogP contribution in [0.15, 0.2) is 77.8 Å². The number of sulfone groups is 1. The summed E-state index contributed by atoms with van der Waals surface area (Å²) in [5.74, 6) is -2.07. The first-order chi connectivity index (χ1) is 22.0. The Morgan fingerprint density at radius 2 is 1.87 bits per heavy atom. The van der Waals surface area contributed by atoms with Gasteiger partial charge in [0.25, 0.3) is 0 Å². The van der Waals surface area contributed by atoms with Gasteiger partial charge in [-0.2, -0.15) is 0 Å². The maximum Gasteiger partial charge on any atom is 0.311 e. The summed E-state index contributed by atoms with van der Waals surface area (Å²) < 4.78 is 52.2. The van der Waals surface area contributed by atoms with Crippen LogP contribution in [0, 0.1) is 11.7 Å². The maximum atomic E-state index is 14.8. The van der Waals surface area contributed by atoms with Gasteiger partial charge in [0, 0.05) is 23.8 Å². The van der Waals surface area contributed by atoms with E-state index in [4.69, 9.17) is 15.2 Å². The van der Waals surface area contributed by atoms with Crippen LogP contribution < -0.4 is 15.8 Å². The summed E-state index contributed by atoms with van der Waals surface area (Å²) in [4.78, 5) is 33.8. The highest BCUT2D eigenvalue weighted by molar-refractivity contribution is 7.92. The number of benzene rings is 3. The van der Waals surface area contributed by atoms with Crippen LogP contribution in [-0.4, -0.2) is 55.7 Å². The summed E-state index contributed by atoms with van der Waals surface area (Å²) in [7, 11) is -2.46. The zero-order chi connectivity index (χ0) is 33.2. The van der Waals surface area contributed by atoms with Crippen LogP contribution in [0.1, 0.15) is 50.4 Å². The van der Waals surface area contributed by atoms with Crippen LogP contribution in [0.5, 0.6) is 5.75 Å². The second-order valence-electron chi connectivity index (χ2n) is 11.4. The molecule has 3 aromatic carbocycles. The summed E-state index contributed by atoms with van der Waals surface area (Å²) >= 11 is 0. The van der Waals surface area contributed by atoms with E-state index >= 15 is 0 Å². The lowest BCUT2D eigenvalue weighted by Gasteiger charge is -2.33. The quantitative estimate of drug-likeness (QED) is 0.215. The van der Waals surface area contributed by atoms with Gasteiger partial charge in [0.2, 0.25) is 5.91 Å². The van der Waals surface area contributed by atoms with E-state index in [0.717, 1.165) is 10.8 Å². The molecule has 0 spiro atoms. The molecule has 10 nitrogen and oxygen atoms in total. The molecule has 1 amide bonds. The van der Waals surface area contributed by atoms with Crippen molar-refractivity contribution in [1.29, 1.82) is 0 Å². The Balaban J connectivity index is 1.64. The number of nitrogen functional groups attached to an aromatic ring is 1. The van der Waals surface area contributed by atoms with E-state index in [1.54, 1.807) is 63.4 Å². The van der Waals surface area contributed by atoms with Crippen molar-refractivity contribution in [2.24, 2.45) is 5.92 Å². The van der Waals surface area contributed by atoms with Crippen LogP contribution in [-0.2, 0) is 24.2 Å². The van der Waals surface area contributed by atoms with Gasteiger partial charge < -0.3 is 25.4 Å². The number of nitrogens with zero attached hydrogens (tertiary/aromatic N) is 2. The zero-order valence-corrected chi connectivity index (χ0v) is 26.9. The summed E-state index contributed by atoms with van der Waals surface area (Å²) in [6.45, 7) is 5.14. The standard InChI is InChI=1S/C34H37FN4O6S/c1-5-45-34(41)26-15-17-39(31(26)25-8-6-7-9-29(25)46(42,43)20(2)3)33(40)30(22-10-13-27(35)28(19-22)44-4)38-23-11-12-24-21(18-23)14-16-37-32(24)36/h6-14,16,18-20,26,30-31,38H,5,15,17H2,1-4H3,(H2,36,37)/t26-,30+,31-/m1/s1. The predicted molar refractivity (Wildman–Crippen MR) is 173 cm³/mol. The molecule has 46 heavy (non-hydrogen) atoms. The largest absolute Gasteiger partial charge is 0.494 e. The topological polar surface area (TPSA) is 141 Å². The fourth-order valence-electron chi connectivity index (χ4n) is 5.93. The first-order valence-corrected chi connectivity index (χ1v) is 16.6. The Labute approximate surface area is 267 Å². The van der Waals surface area contributed by atoms with E-state index in [2.05, 4.69) is 10.3 Å². The number of pyridine rings is 1. The summed E-state index contributed by atoms with van der Waals surface area (Å²) in [6, 6.07) is 15.7. The van der Waals surface area contributed by atoms with E-state index in [1.165, 1.54) is 36.3 Å². The summed E-state index contributed by atoms with van der Waals surface area (Å²) in [5.41, 5.74) is 7.35. The van der Waals surface area contributed by atoms with Crippen molar-refractivity contribution in [1.82, 2.24) is 9.88 Å². The van der Waals surface area contributed by atoms with Gasteiger partial charge in [-0.15, -0.1) is 0 Å². The number of methoxy groups -OCH3 is 1. The second kappa shape index (κ2) is 13.3. The van der Waals surface area contributed by atoms with E-state index in [1.807, 2.05) is 6.07 Å². The van der Waals surface area contributed by atoms with E-state index in [-0.39, 0.29) is 30.2 Å². The molecule has 1 fully saturated rings. The van der Waals surface area contributed by atoms with Crippen LogP contribution in [0.4, 0.5) is 15.9 Å². The number of nitrogens with one attached hydrogen (secondary N) is 1. The number of nitrogens with two attached hydrogens (primary N) is 1. The smallest absolute Gasteiger partial charge is 0.311 e. The number of amides is 1. The number of likely N-dealkylation sites (tertiary alicyclic amines) is 1. The molecule has 3 atom stereocenters. The molecule has 3 N–H and O–H groups in total. The number of esters is 1. The fourth-order valence-corrected chi connectivity index (χ4v) is 7.22. The van der Waals surface area contributed by atoms with Crippen molar-refractivity contribution in [3.63, 3.8) is 0 Å². The van der Waals surface area contributed by atoms with Crippen molar-refractivity contribution < 1.29 is 31.9 Å². The van der Waals surface area contributed by atoms with Crippen LogP contribution >= 0.6 is 0 Å². The van der Waals surface area contributed by atoms with Crippen molar-refractivity contribution in [2.45, 2.75) is 49.4 Å². The number of rotatable bonds is 10. The molecule has 2 heterocycles. The number of fused-ring (bicyclic) bond motifs is 1. The number of hydrogen-bond donors (Lipinski definition) is 2. The Bertz CT molecular complexity index is 1880. The van der Waals surface area contributed by atoms with E-state index in [9.17, 15) is 22.4 Å². The first kappa shape index (κ1) is 32.7. The molecule has 0 bridgehead atoms. The number of aromatic nitrogens is 1. The lowest BCUT2D eigenvalue weighted by Crippen LogP contribution is -2.40. The molecular weight excluding hydrogens is 611 g/mol. The summed E-state index contributed by atoms with van der Waals surface area (Å²) in [6.07, 6.45) is 1.84. The van der Waals surface area contributed by atoms with Crippen LogP contribution in [0.25, 0.3) is 10.8 Å². The number of hydrogen-bond acceptors (Lipinski definition) is 9. The fraction of sp³-hybridized carbons (Fsp3) is 0.324. The molecule has 1 aliphatic heterocycles. The normalized spacial score (nSPS) is 17.2. The molecule has 12 heteroatoms. The van der Waals surface area contributed by atoms with Gasteiger partial charge in [-0.25, -0.2) is 17.8 Å². The highest BCUT2D eigenvalue weighted by Crippen LogP contribution is 2.43. The molecule has 0 unspecified atom stereocenters. The van der Waals surface area contributed by atoms with Gasteiger partial charge in [0.1, 0.15) is 11.9 Å². The Hall–Kier alpha value is -4.71. The molecule has 0 aliphatic carbocycles. The second-order valence-corrected chi connectivity index (χ2v) is 13.8. The van der Waals surface area contributed by atoms with Crippen molar-refractivity contribution in [2.75, 3.05) is 31.3 Å².